The van der Waals surface area contributed by atoms with Crippen LogP contribution in [0, 0.1) is 0 Å². The van der Waals surface area contributed by atoms with Crippen LogP contribution in [0.3, 0.4) is 0 Å². The second kappa shape index (κ2) is 7.98. The first-order valence-electron chi connectivity index (χ1n) is 8.27. The number of benzene rings is 2. The molecule has 1 heterocycles. The average Bonchev–Trinajstić information content (AvgIpc) is 2.98. The third kappa shape index (κ3) is 4.23. The van der Waals surface area contributed by atoms with Gasteiger partial charge in [-0.2, -0.15) is 0 Å². The fourth-order valence-corrected chi connectivity index (χ4v) is 3.86. The second-order valence-electron chi connectivity index (χ2n) is 6.09. The highest BCUT2D eigenvalue weighted by Gasteiger charge is 2.18. The number of anilines is 1. The van der Waals surface area contributed by atoms with Crippen LogP contribution in [0.25, 0.3) is 10.1 Å². The number of hydrogen-bond acceptors (Lipinski definition) is 5. The summed E-state index contributed by atoms with van der Waals surface area (Å²) in [6.07, 6.45) is -0.189. The van der Waals surface area contributed by atoms with Crippen LogP contribution in [-0.4, -0.2) is 25.1 Å². The van der Waals surface area contributed by atoms with Gasteiger partial charge in [-0.3, -0.25) is 4.79 Å². The highest BCUT2D eigenvalue weighted by Crippen LogP contribution is 2.37. The number of thiophene rings is 1. The Kier molecular flexibility index (Phi) is 5.68. The summed E-state index contributed by atoms with van der Waals surface area (Å²) in [6.45, 7) is 3.58. The maximum atomic E-state index is 12.6. The maximum absolute atomic E-state index is 12.6. The zero-order chi connectivity index (χ0) is 19.6. The van der Waals surface area contributed by atoms with Gasteiger partial charge in [-0.15, -0.1) is 11.3 Å². The second-order valence-corrected chi connectivity index (χ2v) is 7.52. The lowest BCUT2D eigenvalue weighted by Crippen LogP contribution is -2.13. The molecule has 7 heteroatoms. The van der Waals surface area contributed by atoms with Crippen molar-refractivity contribution in [3.63, 3.8) is 0 Å². The van der Waals surface area contributed by atoms with E-state index in [-0.39, 0.29) is 12.0 Å². The van der Waals surface area contributed by atoms with Crippen LogP contribution in [0.15, 0.2) is 42.5 Å². The molecule has 3 rings (SSSR count). The maximum Gasteiger partial charge on any atom is 0.338 e. The van der Waals surface area contributed by atoms with E-state index in [9.17, 15) is 9.59 Å². The number of carbonyl (C=O) groups is 2. The smallest absolute Gasteiger partial charge is 0.338 e. The van der Waals surface area contributed by atoms with Gasteiger partial charge in [0.25, 0.3) is 5.91 Å². The molecule has 0 aliphatic heterocycles. The molecule has 140 valence electrons. The van der Waals surface area contributed by atoms with Crippen LogP contribution in [0.4, 0.5) is 5.69 Å². The van der Waals surface area contributed by atoms with Crippen LogP contribution in [0.5, 0.6) is 5.75 Å². The minimum absolute atomic E-state index is 0.189. The molecule has 0 spiro atoms. The van der Waals surface area contributed by atoms with E-state index in [0.717, 1.165) is 10.1 Å². The van der Waals surface area contributed by atoms with Gasteiger partial charge in [0.1, 0.15) is 10.6 Å². The van der Waals surface area contributed by atoms with Crippen molar-refractivity contribution < 1.29 is 19.1 Å². The Balaban J connectivity index is 1.78. The zero-order valence-corrected chi connectivity index (χ0v) is 16.6. The summed E-state index contributed by atoms with van der Waals surface area (Å²) in [5, 5.41) is 3.97. The summed E-state index contributed by atoms with van der Waals surface area (Å²) < 4.78 is 11.2. The minimum Gasteiger partial charge on any atom is -0.497 e. The molecule has 0 saturated carbocycles. The standard InChI is InChI=1S/C20H18ClNO4S/c1-11(2)26-20(24)12-4-6-13(7-5-12)22-19(23)18-17(21)15-10-14(25-3)8-9-16(15)27-18/h4-11H,1-3H3,(H,22,23). The Morgan fingerprint density at radius 1 is 1.11 bits per heavy atom. The summed E-state index contributed by atoms with van der Waals surface area (Å²) >= 11 is 7.71. The van der Waals surface area contributed by atoms with Crippen LogP contribution in [-0.2, 0) is 4.74 Å². The molecule has 1 aromatic heterocycles. The summed E-state index contributed by atoms with van der Waals surface area (Å²) in [7, 11) is 1.58. The van der Waals surface area contributed by atoms with Crippen molar-refractivity contribution in [2.24, 2.45) is 0 Å². The first kappa shape index (κ1) is 19.2. The van der Waals surface area contributed by atoms with Gasteiger partial charge in [-0.1, -0.05) is 11.6 Å². The van der Waals surface area contributed by atoms with Gasteiger partial charge in [0.2, 0.25) is 0 Å². The minimum atomic E-state index is -0.399. The predicted molar refractivity (Wildman–Crippen MR) is 108 cm³/mol. The summed E-state index contributed by atoms with van der Waals surface area (Å²) in [4.78, 5) is 24.9. The van der Waals surface area contributed by atoms with Gasteiger partial charge >= 0.3 is 5.97 Å². The largest absolute Gasteiger partial charge is 0.497 e. The van der Waals surface area contributed by atoms with Gasteiger partial charge in [-0.05, 0) is 56.3 Å². The summed E-state index contributed by atoms with van der Waals surface area (Å²) in [5.41, 5.74) is 0.987. The molecule has 3 aromatic rings. The molecular formula is C20H18ClNO4S. The van der Waals surface area contributed by atoms with Crippen molar-refractivity contribution in [2.75, 3.05) is 12.4 Å². The first-order valence-corrected chi connectivity index (χ1v) is 9.47. The normalized spacial score (nSPS) is 10.9. The zero-order valence-electron chi connectivity index (χ0n) is 15.0. The molecule has 0 radical (unpaired) electrons. The average molecular weight is 404 g/mol. The Hall–Kier alpha value is -2.57. The molecule has 27 heavy (non-hydrogen) atoms. The van der Waals surface area contributed by atoms with Gasteiger partial charge in [0, 0.05) is 15.8 Å². The van der Waals surface area contributed by atoms with E-state index in [1.807, 2.05) is 12.1 Å². The number of hydrogen-bond donors (Lipinski definition) is 1. The van der Waals surface area contributed by atoms with Gasteiger partial charge < -0.3 is 14.8 Å². The third-order valence-electron chi connectivity index (χ3n) is 3.76. The van der Waals surface area contributed by atoms with Crippen molar-refractivity contribution in [2.45, 2.75) is 20.0 Å². The lowest BCUT2D eigenvalue weighted by atomic mass is 10.2. The monoisotopic (exact) mass is 403 g/mol. The van der Waals surface area contributed by atoms with Crippen molar-refractivity contribution in [1.29, 1.82) is 0 Å². The van der Waals surface area contributed by atoms with E-state index in [1.165, 1.54) is 11.3 Å². The highest BCUT2D eigenvalue weighted by molar-refractivity contribution is 7.21. The molecule has 0 aliphatic carbocycles. The molecule has 2 aromatic carbocycles. The van der Waals surface area contributed by atoms with Crippen LogP contribution in [0.2, 0.25) is 5.02 Å². The van der Waals surface area contributed by atoms with Crippen LogP contribution >= 0.6 is 22.9 Å². The molecule has 0 atom stereocenters. The molecule has 1 N–H and O–H groups in total. The highest BCUT2D eigenvalue weighted by atomic mass is 35.5. The fraction of sp³-hybridized carbons (Fsp3) is 0.200. The van der Waals surface area contributed by atoms with Gasteiger partial charge in [0.05, 0.1) is 23.8 Å². The van der Waals surface area contributed by atoms with E-state index < -0.39 is 5.97 Å². The molecule has 0 aliphatic rings. The number of rotatable bonds is 5. The number of carbonyl (C=O) groups excluding carboxylic acids is 2. The quantitative estimate of drug-likeness (QED) is 0.581. The molecule has 1 amide bonds. The van der Waals surface area contributed by atoms with E-state index in [1.54, 1.807) is 51.3 Å². The number of ether oxygens (including phenoxy) is 2. The summed E-state index contributed by atoms with van der Waals surface area (Å²) in [5.74, 6) is -0.0277. The van der Waals surface area contributed by atoms with Crippen LogP contribution < -0.4 is 10.1 Å². The molecule has 0 fully saturated rings. The van der Waals surface area contributed by atoms with E-state index in [0.29, 0.717) is 26.9 Å². The number of fused-ring (bicyclic) bond motifs is 1. The number of halogens is 1. The lowest BCUT2D eigenvalue weighted by Gasteiger charge is -2.09. The van der Waals surface area contributed by atoms with E-state index in [2.05, 4.69) is 5.32 Å². The van der Waals surface area contributed by atoms with Crippen molar-refractivity contribution >= 4 is 50.6 Å². The van der Waals surface area contributed by atoms with Crippen molar-refractivity contribution in [1.82, 2.24) is 0 Å². The summed E-state index contributed by atoms with van der Waals surface area (Å²) in [6, 6.07) is 12.0. The number of methoxy groups -OCH3 is 1. The molecule has 0 bridgehead atoms. The number of nitrogens with one attached hydrogen (secondary N) is 1. The van der Waals surface area contributed by atoms with E-state index in [4.69, 9.17) is 21.1 Å². The Morgan fingerprint density at radius 2 is 1.81 bits per heavy atom. The molecule has 0 saturated heterocycles. The Morgan fingerprint density at radius 3 is 2.44 bits per heavy atom. The van der Waals surface area contributed by atoms with Gasteiger partial charge in [0.15, 0.2) is 0 Å². The first-order chi connectivity index (χ1) is 12.9. The predicted octanol–water partition coefficient (Wildman–Crippen LogP) is 5.38. The van der Waals surface area contributed by atoms with Crippen LogP contribution in [0.1, 0.15) is 33.9 Å². The number of amides is 1. The Labute approximate surface area is 165 Å². The molecule has 5 nitrogen and oxygen atoms in total. The SMILES string of the molecule is COc1ccc2sc(C(=O)Nc3ccc(C(=O)OC(C)C)cc3)c(Cl)c2c1. The third-order valence-corrected chi connectivity index (χ3v) is 5.44. The lowest BCUT2D eigenvalue weighted by molar-refractivity contribution is 0.0378. The van der Waals surface area contributed by atoms with Gasteiger partial charge in [-0.25, -0.2) is 4.79 Å². The van der Waals surface area contributed by atoms with E-state index >= 15 is 0 Å². The molecular weight excluding hydrogens is 386 g/mol. The molecule has 0 unspecified atom stereocenters. The number of esters is 1. The fourth-order valence-electron chi connectivity index (χ4n) is 2.48. The topological polar surface area (TPSA) is 64.6 Å². The van der Waals surface area contributed by atoms with Crippen molar-refractivity contribution in [3.05, 3.63) is 57.9 Å². The van der Waals surface area contributed by atoms with Crippen molar-refractivity contribution in [3.8, 4) is 5.75 Å². The Bertz CT molecular complexity index is 995.